The number of benzene rings is 1. The van der Waals surface area contributed by atoms with Gasteiger partial charge in [0.1, 0.15) is 0 Å². The average Bonchev–Trinajstić information content (AvgIpc) is 3.08. The Balaban J connectivity index is 0.00000192. The lowest BCUT2D eigenvalue weighted by atomic mass is 10.1. The fourth-order valence-electron chi connectivity index (χ4n) is 2.41. The highest BCUT2D eigenvalue weighted by Gasteiger charge is 2.11. The number of imidazole rings is 1. The van der Waals surface area contributed by atoms with Crippen LogP contribution in [0.3, 0.4) is 0 Å². The highest BCUT2D eigenvalue weighted by Crippen LogP contribution is 2.08. The Morgan fingerprint density at radius 1 is 1.17 bits per heavy atom. The molecule has 2 heterocycles. The van der Waals surface area contributed by atoms with Crippen LogP contribution in [0.2, 0.25) is 0 Å². The van der Waals surface area contributed by atoms with E-state index in [1.54, 1.807) is 6.20 Å². The molecule has 0 aliphatic carbocycles. The summed E-state index contributed by atoms with van der Waals surface area (Å²) in [5.74, 6) is 0.603. The number of morpholine rings is 1. The van der Waals surface area contributed by atoms with E-state index in [1.807, 2.05) is 17.1 Å². The molecule has 0 bridgehead atoms. The van der Waals surface area contributed by atoms with Gasteiger partial charge < -0.3 is 19.9 Å². The van der Waals surface area contributed by atoms with Crippen molar-refractivity contribution in [3.8, 4) is 0 Å². The lowest BCUT2D eigenvalue weighted by Gasteiger charge is -2.27. The van der Waals surface area contributed by atoms with Crippen molar-refractivity contribution in [3.63, 3.8) is 0 Å². The molecule has 1 aliphatic rings. The highest BCUT2D eigenvalue weighted by atomic mass is 127. The molecule has 0 radical (unpaired) electrons. The van der Waals surface area contributed by atoms with Gasteiger partial charge in [0, 0.05) is 32.0 Å². The smallest absolute Gasteiger partial charge is 0.191 e. The SMILES string of the molecule is I.NC(=NCc1ccc(Cn2ccnc2)cc1)N1CCOCC1. The van der Waals surface area contributed by atoms with Gasteiger partial charge in [-0.3, -0.25) is 0 Å². The molecular weight excluding hydrogens is 405 g/mol. The van der Waals surface area contributed by atoms with E-state index in [0.717, 1.165) is 38.4 Å². The summed E-state index contributed by atoms with van der Waals surface area (Å²) in [4.78, 5) is 10.6. The summed E-state index contributed by atoms with van der Waals surface area (Å²) in [6.45, 7) is 4.52. The Bertz CT molecular complexity index is 606. The molecule has 23 heavy (non-hydrogen) atoms. The number of aliphatic imine (C=N–C) groups is 1. The number of rotatable bonds is 4. The van der Waals surface area contributed by atoms with Crippen molar-refractivity contribution >= 4 is 29.9 Å². The molecule has 124 valence electrons. The van der Waals surface area contributed by atoms with Crippen molar-refractivity contribution < 1.29 is 4.74 Å². The molecule has 0 spiro atoms. The van der Waals surface area contributed by atoms with Gasteiger partial charge >= 0.3 is 0 Å². The maximum atomic E-state index is 6.03. The van der Waals surface area contributed by atoms with Gasteiger partial charge in [0.15, 0.2) is 5.96 Å². The van der Waals surface area contributed by atoms with Gasteiger partial charge in [0.25, 0.3) is 0 Å². The van der Waals surface area contributed by atoms with Crippen LogP contribution in [0.5, 0.6) is 0 Å². The first-order valence-corrected chi connectivity index (χ1v) is 7.47. The van der Waals surface area contributed by atoms with E-state index in [4.69, 9.17) is 10.5 Å². The molecule has 1 saturated heterocycles. The summed E-state index contributed by atoms with van der Waals surface area (Å²) in [5.41, 5.74) is 8.43. The number of hydrogen-bond donors (Lipinski definition) is 1. The molecule has 3 rings (SSSR count). The minimum Gasteiger partial charge on any atom is -0.378 e. The number of aromatic nitrogens is 2. The Kier molecular flexibility index (Phi) is 6.85. The van der Waals surface area contributed by atoms with E-state index in [1.165, 1.54) is 5.56 Å². The van der Waals surface area contributed by atoms with Gasteiger partial charge in [-0.2, -0.15) is 0 Å². The fraction of sp³-hybridized carbons (Fsp3) is 0.375. The van der Waals surface area contributed by atoms with E-state index in [-0.39, 0.29) is 24.0 Å². The number of guanidine groups is 1. The third-order valence-electron chi connectivity index (χ3n) is 3.71. The van der Waals surface area contributed by atoms with E-state index in [9.17, 15) is 0 Å². The summed E-state index contributed by atoms with van der Waals surface area (Å²) in [6.07, 6.45) is 5.57. The monoisotopic (exact) mass is 427 g/mol. The van der Waals surface area contributed by atoms with Crippen LogP contribution >= 0.6 is 24.0 Å². The zero-order valence-electron chi connectivity index (χ0n) is 13.0. The molecular formula is C16H22IN5O. The number of hydrogen-bond acceptors (Lipinski definition) is 3. The standard InChI is InChI=1S/C16H21N5O.HI/c17-16(21-7-9-22-10-8-21)19-11-14-1-3-15(4-2-14)12-20-6-5-18-13-20;/h1-6,13H,7-12H2,(H2,17,19);1H. The Labute approximate surface area is 153 Å². The molecule has 1 aromatic carbocycles. The quantitative estimate of drug-likeness (QED) is 0.458. The third-order valence-corrected chi connectivity index (χ3v) is 3.71. The fourth-order valence-corrected chi connectivity index (χ4v) is 2.41. The molecule has 2 aromatic rings. The zero-order valence-corrected chi connectivity index (χ0v) is 15.3. The van der Waals surface area contributed by atoms with Crippen LogP contribution < -0.4 is 5.73 Å². The largest absolute Gasteiger partial charge is 0.378 e. The summed E-state index contributed by atoms with van der Waals surface area (Å²) in [6, 6.07) is 8.44. The molecule has 0 amide bonds. The third kappa shape index (κ3) is 5.21. The molecule has 1 fully saturated rings. The topological polar surface area (TPSA) is 68.7 Å². The highest BCUT2D eigenvalue weighted by molar-refractivity contribution is 14.0. The van der Waals surface area contributed by atoms with Crippen molar-refractivity contribution in [3.05, 3.63) is 54.1 Å². The van der Waals surface area contributed by atoms with Gasteiger partial charge in [0.05, 0.1) is 26.1 Å². The second kappa shape index (κ2) is 8.88. The second-order valence-corrected chi connectivity index (χ2v) is 5.33. The molecule has 1 aliphatic heterocycles. The van der Waals surface area contributed by atoms with Crippen molar-refractivity contribution in [2.75, 3.05) is 26.3 Å². The number of nitrogens with zero attached hydrogens (tertiary/aromatic N) is 4. The Morgan fingerprint density at radius 3 is 2.52 bits per heavy atom. The predicted molar refractivity (Wildman–Crippen MR) is 101 cm³/mol. The maximum absolute atomic E-state index is 6.03. The lowest BCUT2D eigenvalue weighted by molar-refractivity contribution is 0.0674. The van der Waals surface area contributed by atoms with Crippen LogP contribution in [0.25, 0.3) is 0 Å². The summed E-state index contributed by atoms with van der Waals surface area (Å²) >= 11 is 0. The summed E-state index contributed by atoms with van der Waals surface area (Å²) in [5, 5.41) is 0. The molecule has 6 nitrogen and oxygen atoms in total. The van der Waals surface area contributed by atoms with E-state index >= 15 is 0 Å². The molecule has 0 atom stereocenters. The van der Waals surface area contributed by atoms with E-state index in [0.29, 0.717) is 12.5 Å². The van der Waals surface area contributed by atoms with Crippen LogP contribution in [0.4, 0.5) is 0 Å². The van der Waals surface area contributed by atoms with Gasteiger partial charge in [-0.15, -0.1) is 24.0 Å². The van der Waals surface area contributed by atoms with Crippen LogP contribution in [0.15, 0.2) is 48.0 Å². The van der Waals surface area contributed by atoms with Crippen LogP contribution in [-0.2, 0) is 17.8 Å². The first-order chi connectivity index (χ1) is 10.8. The maximum Gasteiger partial charge on any atom is 0.191 e. The minimum atomic E-state index is 0. The number of nitrogens with two attached hydrogens (primary N) is 1. The summed E-state index contributed by atoms with van der Waals surface area (Å²) in [7, 11) is 0. The van der Waals surface area contributed by atoms with Crippen molar-refractivity contribution in [1.82, 2.24) is 14.5 Å². The van der Waals surface area contributed by atoms with Crippen LogP contribution in [0.1, 0.15) is 11.1 Å². The van der Waals surface area contributed by atoms with Gasteiger partial charge in [-0.1, -0.05) is 24.3 Å². The van der Waals surface area contributed by atoms with Crippen molar-refractivity contribution in [2.24, 2.45) is 10.7 Å². The van der Waals surface area contributed by atoms with E-state index in [2.05, 4.69) is 39.1 Å². The second-order valence-electron chi connectivity index (χ2n) is 5.33. The first-order valence-electron chi connectivity index (χ1n) is 7.47. The van der Waals surface area contributed by atoms with Crippen molar-refractivity contribution in [1.29, 1.82) is 0 Å². The van der Waals surface area contributed by atoms with E-state index < -0.39 is 0 Å². The molecule has 0 saturated carbocycles. The van der Waals surface area contributed by atoms with Crippen LogP contribution in [0, 0.1) is 0 Å². The molecule has 2 N–H and O–H groups in total. The Morgan fingerprint density at radius 2 is 1.87 bits per heavy atom. The Hall–Kier alpha value is -1.61. The molecule has 0 unspecified atom stereocenters. The first kappa shape index (κ1) is 17.7. The van der Waals surface area contributed by atoms with Crippen molar-refractivity contribution in [2.45, 2.75) is 13.1 Å². The summed E-state index contributed by atoms with van der Waals surface area (Å²) < 4.78 is 7.36. The zero-order chi connectivity index (χ0) is 15.2. The van der Waals surface area contributed by atoms with Gasteiger partial charge in [-0.05, 0) is 11.1 Å². The van der Waals surface area contributed by atoms with Gasteiger partial charge in [-0.25, -0.2) is 9.98 Å². The number of ether oxygens (including phenoxy) is 1. The average molecular weight is 427 g/mol. The van der Waals surface area contributed by atoms with Crippen LogP contribution in [-0.4, -0.2) is 46.7 Å². The minimum absolute atomic E-state index is 0. The molecule has 7 heteroatoms. The normalized spacial score (nSPS) is 15.3. The lowest BCUT2D eigenvalue weighted by Crippen LogP contribution is -2.44. The number of halogens is 1. The molecule has 1 aromatic heterocycles. The van der Waals surface area contributed by atoms with Gasteiger partial charge in [0.2, 0.25) is 0 Å². The predicted octanol–water partition coefficient (Wildman–Crippen LogP) is 1.70.